The lowest BCUT2D eigenvalue weighted by molar-refractivity contribution is 0.362. The largest absolute Gasteiger partial charge is 0.478 e. The van der Waals surface area contributed by atoms with E-state index in [1.165, 1.54) is 32.1 Å². The van der Waals surface area contributed by atoms with Crippen LogP contribution in [0.25, 0.3) is 0 Å². The van der Waals surface area contributed by atoms with Gasteiger partial charge in [0, 0.05) is 12.1 Å². The van der Waals surface area contributed by atoms with E-state index in [4.69, 9.17) is 10.00 Å². The van der Waals surface area contributed by atoms with Crippen LogP contribution < -0.4 is 10.1 Å². The zero-order valence-corrected chi connectivity index (χ0v) is 13.4. The van der Waals surface area contributed by atoms with Gasteiger partial charge in [-0.2, -0.15) is 5.26 Å². The first-order valence-corrected chi connectivity index (χ1v) is 8.02. The molecule has 1 N–H and O–H groups in total. The number of hydrogen-bond acceptors (Lipinski definition) is 3. The fourth-order valence-electron chi connectivity index (χ4n) is 2.28. The molecule has 0 bridgehead atoms. The van der Waals surface area contributed by atoms with E-state index in [1.54, 1.807) is 0 Å². The molecule has 0 amide bonds. The van der Waals surface area contributed by atoms with Crippen LogP contribution in [0, 0.1) is 17.2 Å². The van der Waals surface area contributed by atoms with Crippen molar-refractivity contribution in [2.75, 3.05) is 13.2 Å². The van der Waals surface area contributed by atoms with Crippen molar-refractivity contribution in [3.63, 3.8) is 0 Å². The molecular weight excluding hydrogens is 260 g/mol. The number of nitrogens with one attached hydrogen (secondary N) is 1. The maximum atomic E-state index is 8.58. The quantitative estimate of drug-likeness (QED) is 0.618. The Morgan fingerprint density at radius 1 is 1.14 bits per heavy atom. The topological polar surface area (TPSA) is 45.0 Å². The van der Waals surface area contributed by atoms with E-state index in [1.807, 2.05) is 30.3 Å². The molecule has 0 heterocycles. The molecule has 1 rings (SSSR count). The second-order valence-electron chi connectivity index (χ2n) is 5.83. The van der Waals surface area contributed by atoms with Crippen molar-refractivity contribution in [2.45, 2.75) is 52.5 Å². The third kappa shape index (κ3) is 8.37. The first-order valence-electron chi connectivity index (χ1n) is 8.02. The summed E-state index contributed by atoms with van der Waals surface area (Å²) < 4.78 is 5.42. The van der Waals surface area contributed by atoms with Crippen LogP contribution in [-0.2, 0) is 6.54 Å². The van der Waals surface area contributed by atoms with Gasteiger partial charge in [0.05, 0.1) is 0 Å². The number of unbranched alkanes of at least 4 members (excludes halogenated alkanes) is 3. The Hall–Kier alpha value is -1.53. The summed E-state index contributed by atoms with van der Waals surface area (Å²) in [5.41, 5.74) is 1.12. The maximum Gasteiger partial charge on any atom is 0.174 e. The standard InChI is InChI=1S/C18H28N2O/c1-16(2)9-5-3-4-8-13-20-15-17-10-6-7-11-18(17)21-14-12-19/h6-7,10-11,16,20H,3-5,8-9,13-15H2,1-2H3. The van der Waals surface area contributed by atoms with Crippen LogP contribution >= 0.6 is 0 Å². The van der Waals surface area contributed by atoms with Crippen molar-refractivity contribution < 1.29 is 4.74 Å². The molecule has 0 radical (unpaired) electrons. The molecule has 0 saturated heterocycles. The van der Waals surface area contributed by atoms with Gasteiger partial charge in [0.2, 0.25) is 0 Å². The number of benzene rings is 1. The van der Waals surface area contributed by atoms with E-state index in [2.05, 4.69) is 19.2 Å². The van der Waals surface area contributed by atoms with E-state index in [0.717, 1.165) is 30.3 Å². The molecule has 0 aliphatic rings. The summed E-state index contributed by atoms with van der Waals surface area (Å²) in [5.74, 6) is 1.64. The van der Waals surface area contributed by atoms with E-state index in [-0.39, 0.29) is 6.61 Å². The third-order valence-electron chi connectivity index (χ3n) is 3.47. The molecule has 0 atom stereocenters. The smallest absolute Gasteiger partial charge is 0.174 e. The van der Waals surface area contributed by atoms with Gasteiger partial charge in [-0.15, -0.1) is 0 Å². The number of nitrogens with zero attached hydrogens (tertiary/aromatic N) is 1. The van der Waals surface area contributed by atoms with Gasteiger partial charge in [0.25, 0.3) is 0 Å². The van der Waals surface area contributed by atoms with Crippen LogP contribution in [0.5, 0.6) is 5.75 Å². The molecule has 3 nitrogen and oxygen atoms in total. The van der Waals surface area contributed by atoms with Gasteiger partial charge in [-0.3, -0.25) is 0 Å². The Balaban J connectivity index is 2.14. The predicted octanol–water partition coefficient (Wildman–Crippen LogP) is 4.29. The first kappa shape index (κ1) is 17.5. The molecule has 0 aliphatic heterocycles. The highest BCUT2D eigenvalue weighted by Crippen LogP contribution is 2.17. The second-order valence-corrected chi connectivity index (χ2v) is 5.83. The summed E-state index contributed by atoms with van der Waals surface area (Å²) in [4.78, 5) is 0. The highest BCUT2D eigenvalue weighted by molar-refractivity contribution is 5.33. The van der Waals surface area contributed by atoms with E-state index in [0.29, 0.717) is 0 Å². The minimum atomic E-state index is 0.104. The Labute approximate surface area is 129 Å². The summed E-state index contributed by atoms with van der Waals surface area (Å²) in [6, 6.07) is 9.90. The highest BCUT2D eigenvalue weighted by Gasteiger charge is 2.02. The van der Waals surface area contributed by atoms with Gasteiger partial charge >= 0.3 is 0 Å². The fourth-order valence-corrected chi connectivity index (χ4v) is 2.28. The Morgan fingerprint density at radius 3 is 2.67 bits per heavy atom. The highest BCUT2D eigenvalue weighted by atomic mass is 16.5. The Kier molecular flexibility index (Phi) is 9.32. The van der Waals surface area contributed by atoms with Crippen LogP contribution in [0.2, 0.25) is 0 Å². The molecule has 116 valence electrons. The average molecular weight is 288 g/mol. The lowest BCUT2D eigenvalue weighted by Crippen LogP contribution is -2.15. The number of para-hydroxylation sites is 1. The second kappa shape index (κ2) is 11.2. The molecule has 0 spiro atoms. The summed E-state index contributed by atoms with van der Waals surface area (Å²) in [5, 5.41) is 12.0. The van der Waals surface area contributed by atoms with Crippen LogP contribution in [0.1, 0.15) is 51.5 Å². The molecule has 0 aromatic heterocycles. The van der Waals surface area contributed by atoms with Gasteiger partial charge < -0.3 is 10.1 Å². The summed E-state index contributed by atoms with van der Waals surface area (Å²) in [6.45, 7) is 6.51. The van der Waals surface area contributed by atoms with Gasteiger partial charge in [-0.25, -0.2) is 0 Å². The van der Waals surface area contributed by atoms with Crippen molar-refractivity contribution in [3.05, 3.63) is 29.8 Å². The zero-order chi connectivity index (χ0) is 15.3. The van der Waals surface area contributed by atoms with E-state index < -0.39 is 0 Å². The molecular formula is C18H28N2O. The minimum absolute atomic E-state index is 0.104. The molecule has 0 saturated carbocycles. The monoisotopic (exact) mass is 288 g/mol. The van der Waals surface area contributed by atoms with Gasteiger partial charge in [-0.1, -0.05) is 57.7 Å². The zero-order valence-electron chi connectivity index (χ0n) is 13.4. The molecule has 3 heteroatoms. The van der Waals surface area contributed by atoms with Crippen LogP contribution in [0.3, 0.4) is 0 Å². The third-order valence-corrected chi connectivity index (χ3v) is 3.47. The summed E-state index contributed by atoms with van der Waals surface area (Å²) in [6.07, 6.45) is 6.55. The fraction of sp³-hybridized carbons (Fsp3) is 0.611. The lowest BCUT2D eigenvalue weighted by Gasteiger charge is -2.10. The van der Waals surface area contributed by atoms with Crippen LogP contribution in [0.15, 0.2) is 24.3 Å². The molecule has 1 aromatic rings. The van der Waals surface area contributed by atoms with Crippen LogP contribution in [0.4, 0.5) is 0 Å². The molecule has 1 aromatic carbocycles. The van der Waals surface area contributed by atoms with Crippen molar-refractivity contribution >= 4 is 0 Å². The normalized spacial score (nSPS) is 10.6. The van der Waals surface area contributed by atoms with E-state index in [9.17, 15) is 0 Å². The van der Waals surface area contributed by atoms with Gasteiger partial charge in [0.15, 0.2) is 6.61 Å². The molecule has 0 fully saturated rings. The number of hydrogen-bond donors (Lipinski definition) is 1. The average Bonchev–Trinajstić information content (AvgIpc) is 2.48. The molecule has 0 unspecified atom stereocenters. The van der Waals surface area contributed by atoms with Crippen molar-refractivity contribution in [2.24, 2.45) is 5.92 Å². The van der Waals surface area contributed by atoms with Gasteiger partial charge in [0.1, 0.15) is 11.8 Å². The number of nitriles is 1. The van der Waals surface area contributed by atoms with Crippen molar-refractivity contribution in [1.82, 2.24) is 5.32 Å². The maximum absolute atomic E-state index is 8.58. The van der Waals surface area contributed by atoms with Crippen molar-refractivity contribution in [1.29, 1.82) is 5.26 Å². The Bertz CT molecular complexity index is 423. The number of rotatable bonds is 11. The molecule has 0 aliphatic carbocycles. The molecule has 21 heavy (non-hydrogen) atoms. The summed E-state index contributed by atoms with van der Waals surface area (Å²) in [7, 11) is 0. The van der Waals surface area contributed by atoms with Gasteiger partial charge in [-0.05, 0) is 24.9 Å². The van der Waals surface area contributed by atoms with Crippen LogP contribution in [-0.4, -0.2) is 13.2 Å². The van der Waals surface area contributed by atoms with E-state index >= 15 is 0 Å². The first-order chi connectivity index (χ1) is 10.2. The SMILES string of the molecule is CC(C)CCCCCCNCc1ccccc1OCC#N. The predicted molar refractivity (Wildman–Crippen MR) is 87.2 cm³/mol. The lowest BCUT2D eigenvalue weighted by atomic mass is 10.0. The van der Waals surface area contributed by atoms with Crippen molar-refractivity contribution in [3.8, 4) is 11.8 Å². The Morgan fingerprint density at radius 2 is 1.90 bits per heavy atom. The summed E-state index contributed by atoms with van der Waals surface area (Å²) >= 11 is 0. The minimum Gasteiger partial charge on any atom is -0.478 e. The number of ether oxygens (including phenoxy) is 1.